The largest absolute Gasteiger partial charge is 0.268 e. The van der Waals surface area contributed by atoms with E-state index in [9.17, 15) is 9.59 Å². The third kappa shape index (κ3) is 1.78. The summed E-state index contributed by atoms with van der Waals surface area (Å²) in [6.45, 7) is 6.39. The van der Waals surface area contributed by atoms with Crippen LogP contribution in [0.15, 0.2) is 36.4 Å². The lowest BCUT2D eigenvalue weighted by atomic mass is 9.93. The minimum absolute atomic E-state index is 0.286. The molecule has 120 valence electrons. The molecule has 2 amide bonds. The van der Waals surface area contributed by atoms with E-state index in [2.05, 4.69) is 5.10 Å². The van der Waals surface area contributed by atoms with Gasteiger partial charge in [0.25, 0.3) is 11.8 Å². The summed E-state index contributed by atoms with van der Waals surface area (Å²) in [4.78, 5) is 27.4. The first-order valence-corrected chi connectivity index (χ1v) is 7.99. The number of anilines is 1. The highest BCUT2D eigenvalue weighted by Gasteiger charge is 2.36. The van der Waals surface area contributed by atoms with Gasteiger partial charge in [0.15, 0.2) is 0 Å². The third-order valence-electron chi connectivity index (χ3n) is 4.64. The molecule has 0 N–H and O–H groups in total. The van der Waals surface area contributed by atoms with Crippen molar-refractivity contribution in [3.63, 3.8) is 0 Å². The molecule has 1 aliphatic heterocycles. The normalized spacial score (nSPS) is 13.9. The lowest BCUT2D eigenvalue weighted by Crippen LogP contribution is -2.41. The molecule has 5 nitrogen and oxygen atoms in total. The molecule has 2 aromatic carbocycles. The molecule has 1 aliphatic rings. The molecule has 24 heavy (non-hydrogen) atoms. The Bertz CT molecular complexity index is 966. The van der Waals surface area contributed by atoms with E-state index < -0.39 is 0 Å². The van der Waals surface area contributed by atoms with Crippen LogP contribution >= 0.6 is 0 Å². The SMILES string of the molecule is CCn1nc(C)c(N2C(=O)c3cccc4cccc(c34)C2=O)c1C. The van der Waals surface area contributed by atoms with Gasteiger partial charge in [-0.3, -0.25) is 14.3 Å². The lowest BCUT2D eigenvalue weighted by Gasteiger charge is -2.27. The number of hydrogen-bond acceptors (Lipinski definition) is 3. The van der Waals surface area contributed by atoms with Crippen molar-refractivity contribution in [2.24, 2.45) is 0 Å². The molecule has 5 heteroatoms. The maximum absolute atomic E-state index is 13.1. The van der Waals surface area contributed by atoms with Gasteiger partial charge in [-0.25, -0.2) is 4.90 Å². The van der Waals surface area contributed by atoms with Crippen molar-refractivity contribution in [1.29, 1.82) is 0 Å². The number of carbonyl (C=O) groups is 2. The first-order valence-electron chi connectivity index (χ1n) is 7.99. The molecular formula is C19H17N3O2. The maximum atomic E-state index is 13.1. The van der Waals surface area contributed by atoms with E-state index in [4.69, 9.17) is 0 Å². The van der Waals surface area contributed by atoms with E-state index >= 15 is 0 Å². The van der Waals surface area contributed by atoms with Crippen LogP contribution in [-0.2, 0) is 6.54 Å². The van der Waals surface area contributed by atoms with Crippen LogP contribution in [-0.4, -0.2) is 21.6 Å². The van der Waals surface area contributed by atoms with E-state index in [1.807, 2.05) is 49.7 Å². The average Bonchev–Trinajstić information content (AvgIpc) is 2.87. The van der Waals surface area contributed by atoms with E-state index in [1.54, 1.807) is 12.1 Å². The summed E-state index contributed by atoms with van der Waals surface area (Å²) in [6.07, 6.45) is 0. The Labute approximate surface area is 139 Å². The Morgan fingerprint density at radius 2 is 1.54 bits per heavy atom. The molecule has 0 aliphatic carbocycles. The summed E-state index contributed by atoms with van der Waals surface area (Å²) in [5.41, 5.74) is 3.22. The van der Waals surface area contributed by atoms with Gasteiger partial charge in [0.2, 0.25) is 0 Å². The predicted octanol–water partition coefficient (Wildman–Crippen LogP) is 3.47. The van der Waals surface area contributed by atoms with Gasteiger partial charge in [0.05, 0.1) is 17.1 Å². The van der Waals surface area contributed by atoms with Crippen molar-refractivity contribution >= 4 is 28.3 Å². The predicted molar refractivity (Wildman–Crippen MR) is 92.5 cm³/mol. The highest BCUT2D eigenvalue weighted by atomic mass is 16.2. The fourth-order valence-corrected chi connectivity index (χ4v) is 3.55. The molecule has 0 bridgehead atoms. The Morgan fingerprint density at radius 3 is 2.04 bits per heavy atom. The van der Waals surface area contributed by atoms with Crippen LogP contribution in [0.3, 0.4) is 0 Å². The monoisotopic (exact) mass is 319 g/mol. The van der Waals surface area contributed by atoms with Gasteiger partial charge in [-0.15, -0.1) is 0 Å². The number of amides is 2. The second-order valence-corrected chi connectivity index (χ2v) is 5.99. The van der Waals surface area contributed by atoms with Crippen LogP contribution in [0.2, 0.25) is 0 Å². The molecule has 4 rings (SSSR count). The van der Waals surface area contributed by atoms with E-state index in [1.165, 1.54) is 4.90 Å². The standard InChI is InChI=1S/C19H17N3O2/c1-4-21-12(3)17(11(2)20-21)22-18(23)14-9-5-7-13-8-6-10-15(16(13)14)19(22)24/h5-10H,4H2,1-3H3. The zero-order valence-electron chi connectivity index (χ0n) is 13.8. The molecule has 0 fully saturated rings. The Balaban J connectivity index is 2.00. The van der Waals surface area contributed by atoms with Gasteiger partial charge in [-0.05, 0) is 38.3 Å². The second kappa shape index (κ2) is 5.03. The van der Waals surface area contributed by atoms with Gasteiger partial charge in [-0.1, -0.05) is 24.3 Å². The zero-order valence-corrected chi connectivity index (χ0v) is 13.8. The quantitative estimate of drug-likeness (QED) is 0.680. The van der Waals surface area contributed by atoms with Crippen molar-refractivity contribution in [2.75, 3.05) is 4.90 Å². The van der Waals surface area contributed by atoms with Gasteiger partial charge in [0.1, 0.15) is 0 Å². The minimum atomic E-state index is -0.286. The van der Waals surface area contributed by atoms with E-state index in [-0.39, 0.29) is 11.8 Å². The van der Waals surface area contributed by atoms with Crippen LogP contribution in [0.4, 0.5) is 5.69 Å². The number of aryl methyl sites for hydroxylation is 2. The molecule has 0 radical (unpaired) electrons. The number of nitrogens with zero attached hydrogens (tertiary/aromatic N) is 3. The first-order chi connectivity index (χ1) is 11.5. The van der Waals surface area contributed by atoms with Crippen LogP contribution in [0.1, 0.15) is 39.0 Å². The lowest BCUT2D eigenvalue weighted by molar-refractivity contribution is 0.0893. The summed E-state index contributed by atoms with van der Waals surface area (Å²) in [6, 6.07) is 11.1. The molecule has 0 spiro atoms. The molecule has 0 saturated carbocycles. The van der Waals surface area contributed by atoms with Gasteiger partial charge in [0, 0.05) is 23.1 Å². The summed E-state index contributed by atoms with van der Waals surface area (Å²) < 4.78 is 1.81. The smallest absolute Gasteiger partial charge is 0.266 e. The highest BCUT2D eigenvalue weighted by Crippen LogP contribution is 2.35. The Kier molecular flexibility index (Phi) is 3.06. The summed E-state index contributed by atoms with van der Waals surface area (Å²) in [5, 5.41) is 6.09. The van der Waals surface area contributed by atoms with Crippen LogP contribution in [0, 0.1) is 13.8 Å². The third-order valence-corrected chi connectivity index (χ3v) is 4.64. The van der Waals surface area contributed by atoms with Crippen molar-refractivity contribution in [3.8, 4) is 0 Å². The number of imide groups is 1. The molecular weight excluding hydrogens is 302 g/mol. The van der Waals surface area contributed by atoms with E-state index in [0.717, 1.165) is 16.5 Å². The number of carbonyl (C=O) groups excluding carboxylic acids is 2. The van der Waals surface area contributed by atoms with Gasteiger partial charge in [-0.2, -0.15) is 5.10 Å². The Morgan fingerprint density at radius 1 is 0.958 bits per heavy atom. The molecule has 3 aromatic rings. The molecule has 0 saturated heterocycles. The second-order valence-electron chi connectivity index (χ2n) is 5.99. The van der Waals surface area contributed by atoms with Crippen LogP contribution in [0.5, 0.6) is 0 Å². The summed E-state index contributed by atoms with van der Waals surface area (Å²) in [5.74, 6) is -0.572. The first kappa shape index (κ1) is 14.6. The van der Waals surface area contributed by atoms with Crippen molar-refractivity contribution in [3.05, 3.63) is 58.9 Å². The molecule has 0 unspecified atom stereocenters. The summed E-state index contributed by atoms with van der Waals surface area (Å²) in [7, 11) is 0. The topological polar surface area (TPSA) is 55.2 Å². The number of aromatic nitrogens is 2. The van der Waals surface area contributed by atoms with Crippen molar-refractivity contribution < 1.29 is 9.59 Å². The average molecular weight is 319 g/mol. The van der Waals surface area contributed by atoms with Crippen molar-refractivity contribution in [2.45, 2.75) is 27.3 Å². The Hall–Kier alpha value is -2.95. The minimum Gasteiger partial charge on any atom is -0.268 e. The fourth-order valence-electron chi connectivity index (χ4n) is 3.55. The maximum Gasteiger partial charge on any atom is 0.266 e. The van der Waals surface area contributed by atoms with E-state index in [0.29, 0.717) is 29.1 Å². The van der Waals surface area contributed by atoms with Crippen LogP contribution < -0.4 is 4.90 Å². The van der Waals surface area contributed by atoms with Crippen molar-refractivity contribution in [1.82, 2.24) is 9.78 Å². The van der Waals surface area contributed by atoms with Gasteiger partial charge >= 0.3 is 0 Å². The summed E-state index contributed by atoms with van der Waals surface area (Å²) >= 11 is 0. The number of benzene rings is 2. The highest BCUT2D eigenvalue weighted by molar-refractivity contribution is 6.36. The molecule has 2 heterocycles. The molecule has 1 aromatic heterocycles. The van der Waals surface area contributed by atoms with Crippen LogP contribution in [0.25, 0.3) is 10.8 Å². The number of rotatable bonds is 2. The zero-order chi connectivity index (χ0) is 17.0. The number of hydrogen-bond donors (Lipinski definition) is 0. The molecule has 0 atom stereocenters. The van der Waals surface area contributed by atoms with Gasteiger partial charge < -0.3 is 0 Å². The fraction of sp³-hybridized carbons (Fsp3) is 0.211.